The van der Waals surface area contributed by atoms with E-state index in [1.54, 1.807) is 11.3 Å². The molecule has 0 atom stereocenters. The van der Waals surface area contributed by atoms with Crippen molar-refractivity contribution in [2.24, 2.45) is 5.10 Å². The Labute approximate surface area is 130 Å². The van der Waals surface area contributed by atoms with Crippen molar-refractivity contribution in [1.82, 2.24) is 5.43 Å². The van der Waals surface area contributed by atoms with E-state index < -0.39 is 0 Å². The molecule has 0 fully saturated rings. The largest absolute Gasteiger partial charge is 0.273 e. The number of hydrazone groups is 1. The van der Waals surface area contributed by atoms with Crippen molar-refractivity contribution in [3.8, 4) is 0 Å². The van der Waals surface area contributed by atoms with Gasteiger partial charge in [0.15, 0.2) is 0 Å². The Morgan fingerprint density at radius 2 is 2.00 bits per heavy atom. The van der Waals surface area contributed by atoms with Gasteiger partial charge >= 0.3 is 0 Å². The first-order valence-electron chi connectivity index (χ1n) is 6.28. The Bertz CT molecular complexity index is 607. The normalized spacial score (nSPS) is 11.4. The molecule has 1 aromatic carbocycles. The van der Waals surface area contributed by atoms with E-state index >= 15 is 0 Å². The fraction of sp³-hybridized carbons (Fsp3) is 0.200. The average Bonchev–Trinajstić information content (AvgIpc) is 2.90. The van der Waals surface area contributed by atoms with Gasteiger partial charge in [-0.15, -0.1) is 11.3 Å². The van der Waals surface area contributed by atoms with Crippen LogP contribution in [0.5, 0.6) is 0 Å². The third-order valence-corrected chi connectivity index (χ3v) is 4.49. The number of nitrogens with zero attached hydrogens (tertiary/aromatic N) is 1. The molecule has 0 spiro atoms. The first-order valence-corrected chi connectivity index (χ1v) is 7.89. The number of thiophene rings is 1. The Hall–Kier alpha value is -1.46. The maximum Gasteiger partial charge on any atom is 0.240 e. The molecule has 2 aromatic rings. The van der Waals surface area contributed by atoms with Crippen LogP contribution in [0.4, 0.5) is 0 Å². The topological polar surface area (TPSA) is 41.5 Å². The standard InChI is InChI=1S/C15H15BrN2OS/c1-11(13-8-9-14(16)20-13)17-18-15(19)10-7-12-5-3-2-4-6-12/h2-6,8-9H,7,10H2,1H3,(H,18,19)/b17-11-. The Kier molecular flexibility index (Phi) is 5.49. The van der Waals surface area contributed by atoms with Crippen LogP contribution in [0.2, 0.25) is 0 Å². The van der Waals surface area contributed by atoms with Gasteiger partial charge < -0.3 is 0 Å². The number of nitrogens with one attached hydrogen (secondary N) is 1. The molecule has 1 amide bonds. The Balaban J connectivity index is 1.83. The van der Waals surface area contributed by atoms with Gasteiger partial charge in [-0.25, -0.2) is 5.43 Å². The summed E-state index contributed by atoms with van der Waals surface area (Å²) in [6.45, 7) is 1.88. The molecule has 0 aliphatic heterocycles. The van der Waals surface area contributed by atoms with E-state index in [1.165, 1.54) is 0 Å². The van der Waals surface area contributed by atoms with Gasteiger partial charge in [0.05, 0.1) is 14.4 Å². The van der Waals surface area contributed by atoms with Crippen LogP contribution in [0.1, 0.15) is 23.8 Å². The van der Waals surface area contributed by atoms with Gasteiger partial charge in [0.25, 0.3) is 0 Å². The molecule has 0 saturated heterocycles. The lowest BCUT2D eigenvalue weighted by atomic mass is 10.1. The quantitative estimate of drug-likeness (QED) is 0.642. The van der Waals surface area contributed by atoms with Crippen molar-refractivity contribution >= 4 is 38.9 Å². The summed E-state index contributed by atoms with van der Waals surface area (Å²) >= 11 is 5.00. The van der Waals surface area contributed by atoms with Crippen molar-refractivity contribution in [3.05, 3.63) is 56.7 Å². The molecule has 0 radical (unpaired) electrons. The Morgan fingerprint density at radius 1 is 1.25 bits per heavy atom. The summed E-state index contributed by atoms with van der Waals surface area (Å²) < 4.78 is 1.05. The number of hydrogen-bond donors (Lipinski definition) is 1. The molecule has 3 nitrogen and oxygen atoms in total. The molecule has 20 heavy (non-hydrogen) atoms. The Morgan fingerprint density at radius 3 is 2.65 bits per heavy atom. The number of benzene rings is 1. The van der Waals surface area contributed by atoms with Crippen molar-refractivity contribution in [3.63, 3.8) is 0 Å². The summed E-state index contributed by atoms with van der Waals surface area (Å²) in [7, 11) is 0. The minimum atomic E-state index is -0.0659. The molecule has 1 heterocycles. The highest BCUT2D eigenvalue weighted by Gasteiger charge is 2.04. The zero-order valence-electron chi connectivity index (χ0n) is 11.1. The van der Waals surface area contributed by atoms with Crippen LogP contribution >= 0.6 is 27.3 Å². The predicted molar refractivity (Wildman–Crippen MR) is 87.1 cm³/mol. The number of hydrogen-bond acceptors (Lipinski definition) is 3. The van der Waals surface area contributed by atoms with Crippen molar-refractivity contribution in [1.29, 1.82) is 0 Å². The molecule has 0 saturated carbocycles. The van der Waals surface area contributed by atoms with E-state index in [2.05, 4.69) is 26.5 Å². The first-order chi connectivity index (χ1) is 9.65. The SMILES string of the molecule is C/C(=N/NC(=O)CCc1ccccc1)c1ccc(Br)s1. The number of aryl methyl sites for hydroxylation is 1. The highest BCUT2D eigenvalue weighted by molar-refractivity contribution is 9.11. The number of halogens is 1. The second-order valence-corrected chi connectivity index (χ2v) is 6.78. The molecular formula is C15H15BrN2OS. The number of amides is 1. The third kappa shape index (κ3) is 4.58. The molecule has 0 aliphatic rings. The molecule has 0 unspecified atom stereocenters. The highest BCUT2D eigenvalue weighted by atomic mass is 79.9. The molecular weight excluding hydrogens is 336 g/mol. The van der Waals surface area contributed by atoms with Crippen molar-refractivity contribution in [2.75, 3.05) is 0 Å². The minimum absolute atomic E-state index is 0.0659. The minimum Gasteiger partial charge on any atom is -0.273 e. The smallest absolute Gasteiger partial charge is 0.240 e. The molecule has 5 heteroatoms. The molecule has 0 bridgehead atoms. The fourth-order valence-electron chi connectivity index (χ4n) is 1.67. The lowest BCUT2D eigenvalue weighted by Crippen LogP contribution is -2.19. The summed E-state index contributed by atoms with van der Waals surface area (Å²) in [4.78, 5) is 12.8. The molecule has 0 aliphatic carbocycles. The monoisotopic (exact) mass is 350 g/mol. The van der Waals surface area contributed by atoms with Crippen LogP contribution in [-0.4, -0.2) is 11.6 Å². The van der Waals surface area contributed by atoms with E-state index in [9.17, 15) is 4.79 Å². The summed E-state index contributed by atoms with van der Waals surface area (Å²) in [6, 6.07) is 13.9. The van der Waals surface area contributed by atoms with Crippen LogP contribution in [0.3, 0.4) is 0 Å². The first kappa shape index (κ1) is 14.9. The maximum atomic E-state index is 11.7. The molecule has 104 valence electrons. The summed E-state index contributed by atoms with van der Waals surface area (Å²) in [5, 5.41) is 4.13. The van der Waals surface area contributed by atoms with Crippen molar-refractivity contribution in [2.45, 2.75) is 19.8 Å². The number of carbonyl (C=O) groups is 1. The number of rotatable bonds is 5. The van der Waals surface area contributed by atoms with Crippen LogP contribution < -0.4 is 5.43 Å². The zero-order chi connectivity index (χ0) is 14.4. The maximum absolute atomic E-state index is 11.7. The molecule has 2 rings (SSSR count). The average molecular weight is 351 g/mol. The van der Waals surface area contributed by atoms with Crippen LogP contribution in [-0.2, 0) is 11.2 Å². The molecule has 1 aromatic heterocycles. The van der Waals surface area contributed by atoms with Gasteiger partial charge in [0, 0.05) is 6.42 Å². The second-order valence-electron chi connectivity index (χ2n) is 4.32. The van der Waals surface area contributed by atoms with Gasteiger partial charge in [0.2, 0.25) is 5.91 Å². The van der Waals surface area contributed by atoms with Gasteiger partial charge in [-0.2, -0.15) is 5.10 Å². The highest BCUT2D eigenvalue weighted by Crippen LogP contribution is 2.22. The van der Waals surface area contributed by atoms with E-state index in [-0.39, 0.29) is 5.91 Å². The summed E-state index contributed by atoms with van der Waals surface area (Å²) in [5.74, 6) is -0.0659. The summed E-state index contributed by atoms with van der Waals surface area (Å²) in [6.07, 6.45) is 1.17. The molecule has 1 N–H and O–H groups in total. The van der Waals surface area contributed by atoms with E-state index in [4.69, 9.17) is 0 Å². The zero-order valence-corrected chi connectivity index (χ0v) is 13.5. The van der Waals surface area contributed by atoms with Gasteiger partial charge in [-0.1, -0.05) is 30.3 Å². The van der Waals surface area contributed by atoms with Crippen LogP contribution in [0.25, 0.3) is 0 Å². The van der Waals surface area contributed by atoms with Crippen LogP contribution in [0, 0.1) is 0 Å². The van der Waals surface area contributed by atoms with Gasteiger partial charge in [0.1, 0.15) is 0 Å². The predicted octanol–water partition coefficient (Wildman–Crippen LogP) is 3.98. The number of carbonyl (C=O) groups excluding carboxylic acids is 1. The fourth-order valence-corrected chi connectivity index (χ4v) is 3.00. The van der Waals surface area contributed by atoms with Gasteiger partial charge in [-0.05, 0) is 47.0 Å². The third-order valence-electron chi connectivity index (χ3n) is 2.76. The van der Waals surface area contributed by atoms with Gasteiger partial charge in [-0.3, -0.25) is 4.79 Å². The van der Waals surface area contributed by atoms with Crippen molar-refractivity contribution < 1.29 is 4.79 Å². The van der Waals surface area contributed by atoms with Crippen LogP contribution in [0.15, 0.2) is 51.4 Å². The van der Waals surface area contributed by atoms with E-state index in [0.29, 0.717) is 6.42 Å². The second kappa shape index (κ2) is 7.36. The lowest BCUT2D eigenvalue weighted by molar-refractivity contribution is -0.121. The summed E-state index contributed by atoms with van der Waals surface area (Å²) in [5.41, 5.74) is 4.57. The van der Waals surface area contributed by atoms with E-state index in [1.807, 2.05) is 49.4 Å². The van der Waals surface area contributed by atoms with E-state index in [0.717, 1.165) is 26.4 Å². The lowest BCUT2D eigenvalue weighted by Gasteiger charge is -2.02.